The highest BCUT2D eigenvalue weighted by Crippen LogP contribution is 2.15. The van der Waals surface area contributed by atoms with E-state index in [1.807, 2.05) is 0 Å². The second-order valence-electron chi connectivity index (χ2n) is 5.65. The van der Waals surface area contributed by atoms with Crippen LogP contribution in [-0.2, 0) is 4.74 Å². The molecule has 0 unspecified atom stereocenters. The number of nitrogens with one attached hydrogen (secondary N) is 2. The molecule has 3 rings (SSSR count). The molecule has 25 heavy (non-hydrogen) atoms. The zero-order valence-electron chi connectivity index (χ0n) is 13.7. The van der Waals surface area contributed by atoms with Gasteiger partial charge in [0, 0.05) is 36.9 Å². The van der Waals surface area contributed by atoms with Gasteiger partial charge in [-0.2, -0.15) is 0 Å². The normalized spacial score (nSPS) is 14.9. The van der Waals surface area contributed by atoms with Crippen LogP contribution in [0.2, 0.25) is 5.02 Å². The first-order valence-electron chi connectivity index (χ1n) is 8.15. The van der Waals surface area contributed by atoms with Crippen molar-refractivity contribution in [3.63, 3.8) is 0 Å². The minimum absolute atomic E-state index is 0.249. The lowest BCUT2D eigenvalue weighted by molar-refractivity contribution is 0.0398. The topological polar surface area (TPSA) is 79.4 Å². The predicted octanol–water partition coefficient (Wildman–Crippen LogP) is 2.13. The molecule has 0 saturated carbocycles. The highest BCUT2D eigenvalue weighted by Gasteiger charge is 2.11. The van der Waals surface area contributed by atoms with Crippen molar-refractivity contribution in [2.75, 3.05) is 50.0 Å². The van der Waals surface area contributed by atoms with Crippen molar-refractivity contribution >= 4 is 29.0 Å². The van der Waals surface area contributed by atoms with Crippen molar-refractivity contribution in [2.45, 2.75) is 0 Å². The standard InChI is InChI=1S/C17H20ClN5O2/c18-13-2-1-3-14(12-13)20-17(24)15-4-5-16(22-21-15)19-6-7-23-8-10-25-11-9-23/h1-5,12H,6-11H2,(H,19,22)(H,20,24). The fraction of sp³-hybridized carbons (Fsp3) is 0.353. The molecule has 132 valence electrons. The third-order valence-electron chi connectivity index (χ3n) is 3.82. The Morgan fingerprint density at radius 1 is 1.20 bits per heavy atom. The smallest absolute Gasteiger partial charge is 0.276 e. The van der Waals surface area contributed by atoms with Crippen LogP contribution in [0.3, 0.4) is 0 Å². The Kier molecular flexibility index (Phi) is 6.16. The van der Waals surface area contributed by atoms with E-state index in [0.717, 1.165) is 39.4 Å². The van der Waals surface area contributed by atoms with E-state index < -0.39 is 0 Å². The van der Waals surface area contributed by atoms with E-state index in [1.165, 1.54) is 0 Å². The van der Waals surface area contributed by atoms with Crippen LogP contribution < -0.4 is 10.6 Å². The van der Waals surface area contributed by atoms with Crippen molar-refractivity contribution in [2.24, 2.45) is 0 Å². The zero-order chi connectivity index (χ0) is 17.5. The summed E-state index contributed by atoms with van der Waals surface area (Å²) < 4.78 is 5.32. The molecule has 8 heteroatoms. The molecule has 2 heterocycles. The Morgan fingerprint density at radius 3 is 2.76 bits per heavy atom. The lowest BCUT2D eigenvalue weighted by atomic mass is 10.3. The summed E-state index contributed by atoms with van der Waals surface area (Å²) in [6, 6.07) is 10.3. The number of halogens is 1. The number of hydrogen-bond acceptors (Lipinski definition) is 6. The molecule has 1 aromatic heterocycles. The van der Waals surface area contributed by atoms with Crippen LogP contribution in [0.1, 0.15) is 10.5 Å². The Morgan fingerprint density at radius 2 is 2.04 bits per heavy atom. The molecule has 0 atom stereocenters. The van der Waals surface area contributed by atoms with Crippen molar-refractivity contribution < 1.29 is 9.53 Å². The van der Waals surface area contributed by atoms with Crippen LogP contribution in [0.25, 0.3) is 0 Å². The average molecular weight is 362 g/mol. The van der Waals surface area contributed by atoms with E-state index in [1.54, 1.807) is 36.4 Å². The monoisotopic (exact) mass is 361 g/mol. The van der Waals surface area contributed by atoms with Crippen LogP contribution in [0.4, 0.5) is 11.5 Å². The molecule has 1 fully saturated rings. The summed E-state index contributed by atoms with van der Waals surface area (Å²) in [5.41, 5.74) is 0.866. The maximum Gasteiger partial charge on any atom is 0.276 e. The first kappa shape index (κ1) is 17.6. The molecule has 1 saturated heterocycles. The molecule has 2 N–H and O–H groups in total. The third kappa shape index (κ3) is 5.38. The van der Waals surface area contributed by atoms with E-state index in [4.69, 9.17) is 16.3 Å². The van der Waals surface area contributed by atoms with Gasteiger partial charge in [-0.3, -0.25) is 9.69 Å². The van der Waals surface area contributed by atoms with Gasteiger partial charge in [0.05, 0.1) is 13.2 Å². The quantitative estimate of drug-likeness (QED) is 0.820. The number of rotatable bonds is 6. The van der Waals surface area contributed by atoms with Gasteiger partial charge in [-0.15, -0.1) is 10.2 Å². The lowest BCUT2D eigenvalue weighted by Gasteiger charge is -2.26. The van der Waals surface area contributed by atoms with Crippen molar-refractivity contribution in [3.05, 3.63) is 47.1 Å². The summed E-state index contributed by atoms with van der Waals surface area (Å²) in [4.78, 5) is 14.5. The van der Waals surface area contributed by atoms with Gasteiger partial charge in [-0.05, 0) is 30.3 Å². The number of carbonyl (C=O) groups is 1. The van der Waals surface area contributed by atoms with Gasteiger partial charge in [-0.1, -0.05) is 17.7 Å². The fourth-order valence-corrected chi connectivity index (χ4v) is 2.67. The van der Waals surface area contributed by atoms with E-state index in [0.29, 0.717) is 16.5 Å². The number of anilines is 2. The summed E-state index contributed by atoms with van der Waals surface area (Å²) in [5, 5.41) is 14.5. The largest absolute Gasteiger partial charge is 0.379 e. The third-order valence-corrected chi connectivity index (χ3v) is 4.05. The first-order valence-corrected chi connectivity index (χ1v) is 8.53. The number of nitrogens with zero attached hydrogens (tertiary/aromatic N) is 3. The molecule has 0 spiro atoms. The minimum atomic E-state index is -0.324. The van der Waals surface area contributed by atoms with Gasteiger partial charge in [0.2, 0.25) is 0 Å². The second kappa shape index (κ2) is 8.75. The van der Waals surface area contributed by atoms with Crippen LogP contribution in [0.5, 0.6) is 0 Å². The Bertz CT molecular complexity index is 704. The SMILES string of the molecule is O=C(Nc1cccc(Cl)c1)c1ccc(NCCN2CCOCC2)nn1. The van der Waals surface area contributed by atoms with Gasteiger partial charge in [-0.25, -0.2) is 0 Å². The number of carbonyl (C=O) groups excluding carboxylic acids is 1. The highest BCUT2D eigenvalue weighted by molar-refractivity contribution is 6.30. The van der Waals surface area contributed by atoms with Gasteiger partial charge in [0.25, 0.3) is 5.91 Å². The Hall–Kier alpha value is -2.22. The summed E-state index contributed by atoms with van der Waals surface area (Å²) in [6.45, 7) is 5.17. The second-order valence-corrected chi connectivity index (χ2v) is 6.09. The molecule has 1 aliphatic rings. The maximum atomic E-state index is 12.2. The lowest BCUT2D eigenvalue weighted by Crippen LogP contribution is -2.39. The molecule has 0 bridgehead atoms. The Labute approximate surface area is 151 Å². The molecule has 2 aromatic rings. The number of ether oxygens (including phenoxy) is 1. The van der Waals surface area contributed by atoms with Crippen molar-refractivity contribution in [3.8, 4) is 0 Å². The van der Waals surface area contributed by atoms with Gasteiger partial charge < -0.3 is 15.4 Å². The van der Waals surface area contributed by atoms with Crippen LogP contribution >= 0.6 is 11.6 Å². The number of aromatic nitrogens is 2. The average Bonchev–Trinajstić information content (AvgIpc) is 2.63. The molecule has 0 aliphatic carbocycles. The highest BCUT2D eigenvalue weighted by atomic mass is 35.5. The molecule has 1 aliphatic heterocycles. The molecule has 0 radical (unpaired) electrons. The summed E-state index contributed by atoms with van der Waals surface area (Å²) in [5.74, 6) is 0.321. The van der Waals surface area contributed by atoms with Crippen LogP contribution in [0.15, 0.2) is 36.4 Å². The summed E-state index contributed by atoms with van der Waals surface area (Å²) >= 11 is 5.90. The molecular formula is C17H20ClN5O2. The molecular weight excluding hydrogens is 342 g/mol. The number of hydrogen-bond donors (Lipinski definition) is 2. The number of amides is 1. The fourth-order valence-electron chi connectivity index (χ4n) is 2.48. The maximum absolute atomic E-state index is 12.2. The molecule has 7 nitrogen and oxygen atoms in total. The van der Waals surface area contributed by atoms with E-state index in [9.17, 15) is 4.79 Å². The van der Waals surface area contributed by atoms with Crippen molar-refractivity contribution in [1.29, 1.82) is 0 Å². The number of benzene rings is 1. The Balaban J connectivity index is 1.48. The van der Waals surface area contributed by atoms with E-state index in [-0.39, 0.29) is 11.6 Å². The predicted molar refractivity (Wildman–Crippen MR) is 97.2 cm³/mol. The van der Waals surface area contributed by atoms with Crippen LogP contribution in [-0.4, -0.2) is 60.4 Å². The van der Waals surface area contributed by atoms with Gasteiger partial charge in [0.15, 0.2) is 5.69 Å². The summed E-state index contributed by atoms with van der Waals surface area (Å²) in [6.07, 6.45) is 0. The number of morpholine rings is 1. The molecule has 1 aromatic carbocycles. The van der Waals surface area contributed by atoms with E-state index >= 15 is 0 Å². The van der Waals surface area contributed by atoms with Gasteiger partial charge in [0.1, 0.15) is 5.82 Å². The first-order chi connectivity index (χ1) is 12.2. The zero-order valence-corrected chi connectivity index (χ0v) is 14.5. The van der Waals surface area contributed by atoms with Crippen molar-refractivity contribution in [1.82, 2.24) is 15.1 Å². The van der Waals surface area contributed by atoms with Crippen LogP contribution in [0, 0.1) is 0 Å². The minimum Gasteiger partial charge on any atom is -0.379 e. The molecule has 1 amide bonds. The summed E-state index contributed by atoms with van der Waals surface area (Å²) in [7, 11) is 0. The van der Waals surface area contributed by atoms with Gasteiger partial charge >= 0.3 is 0 Å². The van der Waals surface area contributed by atoms with E-state index in [2.05, 4.69) is 25.7 Å².